The number of nitriles is 1. The number of benzene rings is 1. The molecule has 1 aromatic carbocycles. The third-order valence-corrected chi connectivity index (χ3v) is 2.52. The van der Waals surface area contributed by atoms with Crippen molar-refractivity contribution in [3.8, 4) is 11.8 Å². The van der Waals surface area contributed by atoms with E-state index in [1.165, 1.54) is 17.9 Å². The number of hydrogen-bond acceptors (Lipinski definition) is 4. The Labute approximate surface area is 104 Å². The summed E-state index contributed by atoms with van der Waals surface area (Å²) in [6, 6.07) is 8.99. The fraction of sp³-hybridized carbons (Fsp3) is 0.154. The molecule has 0 aliphatic carbocycles. The van der Waals surface area contributed by atoms with Crippen LogP contribution in [0, 0.1) is 11.3 Å². The van der Waals surface area contributed by atoms with Crippen LogP contribution < -0.4 is 10.4 Å². The molecule has 0 N–H and O–H groups in total. The zero-order valence-electron chi connectivity index (χ0n) is 9.83. The van der Waals surface area contributed by atoms with Gasteiger partial charge in [-0.1, -0.05) is 6.07 Å². The number of nitrogens with zero attached hydrogens (tertiary/aromatic N) is 3. The first kappa shape index (κ1) is 11.9. The van der Waals surface area contributed by atoms with Crippen molar-refractivity contribution in [3.63, 3.8) is 0 Å². The van der Waals surface area contributed by atoms with Gasteiger partial charge in [-0.2, -0.15) is 5.26 Å². The minimum atomic E-state index is -0.313. The predicted molar refractivity (Wildman–Crippen MR) is 65.3 cm³/mol. The zero-order chi connectivity index (χ0) is 13.0. The van der Waals surface area contributed by atoms with E-state index >= 15 is 0 Å². The Morgan fingerprint density at radius 1 is 1.50 bits per heavy atom. The SMILES string of the molecule is COc1ccc(Cn2cccnc2=O)cc1C#N. The quantitative estimate of drug-likeness (QED) is 0.809. The molecule has 2 aromatic rings. The van der Waals surface area contributed by atoms with Crippen LogP contribution in [0.5, 0.6) is 5.75 Å². The fourth-order valence-corrected chi connectivity index (χ4v) is 1.64. The summed E-state index contributed by atoms with van der Waals surface area (Å²) in [5.41, 5.74) is 0.987. The van der Waals surface area contributed by atoms with Crippen LogP contribution in [-0.4, -0.2) is 16.7 Å². The van der Waals surface area contributed by atoms with Crippen LogP contribution >= 0.6 is 0 Å². The second-order valence-corrected chi connectivity index (χ2v) is 3.68. The van der Waals surface area contributed by atoms with Gasteiger partial charge < -0.3 is 4.74 Å². The van der Waals surface area contributed by atoms with E-state index in [2.05, 4.69) is 11.1 Å². The van der Waals surface area contributed by atoms with Gasteiger partial charge in [-0.3, -0.25) is 4.57 Å². The molecule has 1 aromatic heterocycles. The van der Waals surface area contributed by atoms with E-state index in [4.69, 9.17) is 10.00 Å². The van der Waals surface area contributed by atoms with Crippen molar-refractivity contribution in [2.45, 2.75) is 6.54 Å². The van der Waals surface area contributed by atoms with Crippen LogP contribution in [0.25, 0.3) is 0 Å². The number of ether oxygens (including phenoxy) is 1. The average Bonchev–Trinajstić information content (AvgIpc) is 2.41. The standard InChI is InChI=1S/C13H11N3O2/c1-18-12-4-3-10(7-11(12)8-14)9-16-6-2-5-15-13(16)17/h2-7H,9H2,1H3. The van der Waals surface area contributed by atoms with Gasteiger partial charge in [0, 0.05) is 12.4 Å². The van der Waals surface area contributed by atoms with Gasteiger partial charge in [0.25, 0.3) is 0 Å². The van der Waals surface area contributed by atoms with Gasteiger partial charge in [-0.15, -0.1) is 0 Å². The van der Waals surface area contributed by atoms with Crippen molar-refractivity contribution >= 4 is 0 Å². The summed E-state index contributed by atoms with van der Waals surface area (Å²) in [4.78, 5) is 15.1. The fourth-order valence-electron chi connectivity index (χ4n) is 1.64. The molecule has 0 amide bonds. The molecule has 5 heteroatoms. The van der Waals surface area contributed by atoms with Crippen LogP contribution in [0.1, 0.15) is 11.1 Å². The van der Waals surface area contributed by atoms with Crippen molar-refractivity contribution in [2.75, 3.05) is 7.11 Å². The van der Waals surface area contributed by atoms with Crippen LogP contribution in [0.4, 0.5) is 0 Å². The molecule has 18 heavy (non-hydrogen) atoms. The molecule has 90 valence electrons. The lowest BCUT2D eigenvalue weighted by Crippen LogP contribution is -2.21. The first-order valence-corrected chi connectivity index (χ1v) is 5.33. The highest BCUT2D eigenvalue weighted by atomic mass is 16.5. The number of rotatable bonds is 3. The van der Waals surface area contributed by atoms with Crippen LogP contribution in [0.2, 0.25) is 0 Å². The molecule has 0 fully saturated rings. The minimum Gasteiger partial charge on any atom is -0.495 e. The Bertz CT molecular complexity index is 656. The van der Waals surface area contributed by atoms with Crippen LogP contribution in [0.15, 0.2) is 41.5 Å². The van der Waals surface area contributed by atoms with Gasteiger partial charge in [-0.05, 0) is 23.8 Å². The lowest BCUT2D eigenvalue weighted by molar-refractivity contribution is 0.413. The summed E-state index contributed by atoms with van der Waals surface area (Å²) < 4.78 is 6.54. The number of hydrogen-bond donors (Lipinski definition) is 0. The van der Waals surface area contributed by atoms with Crippen molar-refractivity contribution < 1.29 is 4.74 Å². The minimum absolute atomic E-state index is 0.313. The molecule has 0 radical (unpaired) electrons. The number of methoxy groups -OCH3 is 1. The summed E-state index contributed by atoms with van der Waals surface area (Å²) in [5.74, 6) is 0.528. The third-order valence-electron chi connectivity index (χ3n) is 2.52. The van der Waals surface area contributed by atoms with Crippen molar-refractivity contribution in [2.24, 2.45) is 0 Å². The topological polar surface area (TPSA) is 67.9 Å². The Balaban J connectivity index is 2.34. The highest BCUT2D eigenvalue weighted by molar-refractivity contribution is 5.45. The van der Waals surface area contributed by atoms with E-state index in [-0.39, 0.29) is 5.69 Å². The third kappa shape index (κ3) is 2.38. The highest BCUT2D eigenvalue weighted by Gasteiger charge is 2.04. The normalized spacial score (nSPS) is 9.78. The summed E-state index contributed by atoms with van der Waals surface area (Å²) in [6.07, 6.45) is 3.11. The summed E-state index contributed by atoms with van der Waals surface area (Å²) >= 11 is 0. The smallest absolute Gasteiger partial charge is 0.347 e. The molecule has 1 heterocycles. The van der Waals surface area contributed by atoms with Gasteiger partial charge in [0.05, 0.1) is 19.2 Å². The maximum absolute atomic E-state index is 11.5. The Morgan fingerprint density at radius 2 is 2.33 bits per heavy atom. The van der Waals surface area contributed by atoms with E-state index in [0.717, 1.165) is 5.56 Å². The molecule has 0 bridgehead atoms. The molecular weight excluding hydrogens is 230 g/mol. The van der Waals surface area contributed by atoms with E-state index in [1.54, 1.807) is 24.4 Å². The molecule has 0 atom stereocenters. The molecule has 5 nitrogen and oxygen atoms in total. The van der Waals surface area contributed by atoms with Crippen LogP contribution in [-0.2, 0) is 6.54 Å². The second-order valence-electron chi connectivity index (χ2n) is 3.68. The Kier molecular flexibility index (Phi) is 3.39. The molecule has 0 spiro atoms. The first-order valence-electron chi connectivity index (χ1n) is 5.33. The first-order chi connectivity index (χ1) is 8.74. The van der Waals surface area contributed by atoms with Gasteiger partial charge in [0.1, 0.15) is 11.8 Å². The Hall–Kier alpha value is -2.61. The molecule has 0 aliphatic rings. The Morgan fingerprint density at radius 3 is 3.00 bits per heavy atom. The van der Waals surface area contributed by atoms with E-state index < -0.39 is 0 Å². The average molecular weight is 241 g/mol. The van der Waals surface area contributed by atoms with Gasteiger partial charge in [0.15, 0.2) is 0 Å². The van der Waals surface area contributed by atoms with Gasteiger partial charge >= 0.3 is 5.69 Å². The van der Waals surface area contributed by atoms with Gasteiger partial charge in [0.2, 0.25) is 0 Å². The number of aromatic nitrogens is 2. The summed E-state index contributed by atoms with van der Waals surface area (Å²) in [7, 11) is 1.52. The highest BCUT2D eigenvalue weighted by Crippen LogP contribution is 2.18. The van der Waals surface area contributed by atoms with E-state index in [0.29, 0.717) is 17.9 Å². The lowest BCUT2D eigenvalue weighted by Gasteiger charge is -2.07. The monoisotopic (exact) mass is 241 g/mol. The molecule has 0 aliphatic heterocycles. The summed E-state index contributed by atoms with van der Waals surface area (Å²) in [6.45, 7) is 0.380. The molecule has 0 saturated heterocycles. The lowest BCUT2D eigenvalue weighted by atomic mass is 10.1. The van der Waals surface area contributed by atoms with E-state index in [9.17, 15) is 4.79 Å². The molecule has 2 rings (SSSR count). The molecule has 0 unspecified atom stereocenters. The van der Waals surface area contributed by atoms with Gasteiger partial charge in [-0.25, -0.2) is 9.78 Å². The van der Waals surface area contributed by atoms with Crippen molar-refractivity contribution in [3.05, 3.63) is 58.3 Å². The zero-order valence-corrected chi connectivity index (χ0v) is 9.83. The maximum Gasteiger partial charge on any atom is 0.347 e. The van der Waals surface area contributed by atoms with Crippen molar-refractivity contribution in [1.82, 2.24) is 9.55 Å². The molecular formula is C13H11N3O2. The maximum atomic E-state index is 11.5. The summed E-state index contributed by atoms with van der Waals surface area (Å²) in [5, 5.41) is 8.98. The van der Waals surface area contributed by atoms with Crippen molar-refractivity contribution in [1.29, 1.82) is 5.26 Å². The largest absolute Gasteiger partial charge is 0.495 e. The van der Waals surface area contributed by atoms with Crippen LogP contribution in [0.3, 0.4) is 0 Å². The predicted octanol–water partition coefficient (Wildman–Crippen LogP) is 1.17. The van der Waals surface area contributed by atoms with E-state index in [1.807, 2.05) is 6.07 Å². The molecule has 0 saturated carbocycles. The second kappa shape index (κ2) is 5.15.